The summed E-state index contributed by atoms with van der Waals surface area (Å²) in [5, 5.41) is 9.85. The number of hydrogen-bond acceptors (Lipinski definition) is 2. The number of hydrogen-bond donors (Lipinski definition) is 0. The van der Waals surface area contributed by atoms with Gasteiger partial charge in [-0.25, -0.2) is 4.39 Å². The Hall–Kier alpha value is -2.93. The molecule has 0 amide bonds. The molecule has 4 heteroatoms. The van der Waals surface area contributed by atoms with E-state index >= 15 is 0 Å². The van der Waals surface area contributed by atoms with E-state index in [1.54, 1.807) is 29.0 Å². The largest absolute Gasteiger partial charge is 0.311 e. The maximum Gasteiger partial charge on any atom is 0.258 e. The average Bonchev–Trinajstić information content (AvgIpc) is 2.51. The summed E-state index contributed by atoms with van der Waals surface area (Å²) in [5.41, 5.74) is 1.36. The van der Waals surface area contributed by atoms with E-state index in [4.69, 9.17) is 5.26 Å². The molecule has 0 fully saturated rings. The molecule has 0 aliphatic rings. The zero-order chi connectivity index (χ0) is 14.8. The lowest BCUT2D eigenvalue weighted by Gasteiger charge is -2.07. The third-order valence-corrected chi connectivity index (χ3v) is 3.37. The van der Waals surface area contributed by atoms with Crippen LogP contribution < -0.4 is 5.56 Å². The smallest absolute Gasteiger partial charge is 0.258 e. The van der Waals surface area contributed by atoms with Crippen molar-refractivity contribution in [1.82, 2.24) is 4.57 Å². The number of benzene rings is 2. The van der Waals surface area contributed by atoms with Crippen molar-refractivity contribution < 1.29 is 4.39 Å². The van der Waals surface area contributed by atoms with E-state index in [-0.39, 0.29) is 11.4 Å². The molecule has 0 aliphatic carbocycles. The second-order valence-corrected chi connectivity index (χ2v) is 4.79. The number of nitriles is 1. The van der Waals surface area contributed by atoms with Crippen LogP contribution in [-0.2, 0) is 6.54 Å². The van der Waals surface area contributed by atoms with Crippen molar-refractivity contribution >= 4 is 10.8 Å². The summed E-state index contributed by atoms with van der Waals surface area (Å²) in [6.45, 7) is 0.415. The molecule has 21 heavy (non-hydrogen) atoms. The first kappa shape index (κ1) is 13.1. The van der Waals surface area contributed by atoms with Crippen molar-refractivity contribution in [2.75, 3.05) is 0 Å². The second-order valence-electron chi connectivity index (χ2n) is 4.79. The van der Waals surface area contributed by atoms with E-state index in [1.165, 1.54) is 18.2 Å². The zero-order valence-corrected chi connectivity index (χ0v) is 11.1. The van der Waals surface area contributed by atoms with Gasteiger partial charge in [-0.15, -0.1) is 0 Å². The van der Waals surface area contributed by atoms with Crippen molar-refractivity contribution in [2.24, 2.45) is 0 Å². The highest BCUT2D eigenvalue weighted by molar-refractivity contribution is 5.81. The van der Waals surface area contributed by atoms with Gasteiger partial charge < -0.3 is 4.57 Å². The lowest BCUT2D eigenvalue weighted by atomic mass is 10.1. The molecule has 3 nitrogen and oxygen atoms in total. The van der Waals surface area contributed by atoms with E-state index in [9.17, 15) is 9.18 Å². The molecule has 3 rings (SSSR count). The average molecular weight is 278 g/mol. The van der Waals surface area contributed by atoms with Gasteiger partial charge in [0, 0.05) is 11.6 Å². The van der Waals surface area contributed by atoms with Crippen LogP contribution >= 0.6 is 0 Å². The molecular weight excluding hydrogens is 267 g/mol. The molecule has 0 unspecified atom stereocenters. The first-order valence-corrected chi connectivity index (χ1v) is 6.45. The van der Waals surface area contributed by atoms with Crippen molar-refractivity contribution in [3.63, 3.8) is 0 Å². The van der Waals surface area contributed by atoms with Gasteiger partial charge >= 0.3 is 0 Å². The summed E-state index contributed by atoms with van der Waals surface area (Å²) < 4.78 is 14.7. The van der Waals surface area contributed by atoms with Gasteiger partial charge in [0.2, 0.25) is 0 Å². The molecule has 0 saturated carbocycles. The van der Waals surface area contributed by atoms with Gasteiger partial charge in [-0.1, -0.05) is 12.1 Å². The van der Waals surface area contributed by atoms with Crippen LogP contribution in [0.15, 0.2) is 59.5 Å². The van der Waals surface area contributed by atoms with Crippen LogP contribution in [0.5, 0.6) is 0 Å². The Kier molecular flexibility index (Phi) is 3.25. The highest BCUT2D eigenvalue weighted by Crippen LogP contribution is 2.12. The standard InChI is InChI=1S/C17H11FN2O/c18-15-5-6-16-14(9-15)7-8-20(17(16)21)11-13-3-1-12(10-19)2-4-13/h1-9H,11H2. The molecule has 0 saturated heterocycles. The van der Waals surface area contributed by atoms with E-state index in [0.29, 0.717) is 22.9 Å². The van der Waals surface area contributed by atoms with Gasteiger partial charge in [-0.2, -0.15) is 5.26 Å². The SMILES string of the molecule is N#Cc1ccc(Cn2ccc3cc(F)ccc3c2=O)cc1. The Morgan fingerprint density at radius 3 is 2.57 bits per heavy atom. The summed E-state index contributed by atoms with van der Waals surface area (Å²) in [6.07, 6.45) is 1.66. The van der Waals surface area contributed by atoms with Gasteiger partial charge in [0.15, 0.2) is 0 Å². The van der Waals surface area contributed by atoms with Crippen LogP contribution in [0.25, 0.3) is 10.8 Å². The van der Waals surface area contributed by atoms with Crippen LogP contribution in [0.4, 0.5) is 4.39 Å². The van der Waals surface area contributed by atoms with Gasteiger partial charge in [0.05, 0.1) is 18.2 Å². The van der Waals surface area contributed by atoms with Crippen molar-refractivity contribution in [3.05, 3.63) is 82.0 Å². The summed E-state index contributed by atoms with van der Waals surface area (Å²) in [4.78, 5) is 12.4. The quantitative estimate of drug-likeness (QED) is 0.723. The molecule has 1 heterocycles. The van der Waals surface area contributed by atoms with Crippen LogP contribution in [0.2, 0.25) is 0 Å². The topological polar surface area (TPSA) is 45.8 Å². The van der Waals surface area contributed by atoms with Crippen LogP contribution in [-0.4, -0.2) is 4.57 Å². The van der Waals surface area contributed by atoms with E-state index in [0.717, 1.165) is 5.56 Å². The van der Waals surface area contributed by atoms with E-state index in [2.05, 4.69) is 6.07 Å². The maximum absolute atomic E-state index is 13.2. The minimum absolute atomic E-state index is 0.156. The third-order valence-electron chi connectivity index (χ3n) is 3.37. The molecule has 1 aromatic heterocycles. The number of nitrogens with zero attached hydrogens (tertiary/aromatic N) is 2. The van der Waals surface area contributed by atoms with Crippen LogP contribution in [0.3, 0.4) is 0 Å². The van der Waals surface area contributed by atoms with Crippen molar-refractivity contribution in [2.45, 2.75) is 6.54 Å². The van der Waals surface area contributed by atoms with Crippen LogP contribution in [0.1, 0.15) is 11.1 Å². The number of aromatic nitrogens is 1. The number of fused-ring (bicyclic) bond motifs is 1. The van der Waals surface area contributed by atoms with Crippen LogP contribution in [0, 0.1) is 17.1 Å². The lowest BCUT2D eigenvalue weighted by Crippen LogP contribution is -2.20. The molecule has 102 valence electrons. The number of pyridine rings is 1. The Morgan fingerprint density at radius 1 is 1.10 bits per heavy atom. The Bertz CT molecular complexity index is 905. The van der Waals surface area contributed by atoms with Gasteiger partial charge in [-0.3, -0.25) is 4.79 Å². The summed E-state index contributed by atoms with van der Waals surface area (Å²) >= 11 is 0. The second kappa shape index (κ2) is 5.22. The van der Waals surface area contributed by atoms with Crippen molar-refractivity contribution in [1.29, 1.82) is 5.26 Å². The lowest BCUT2D eigenvalue weighted by molar-refractivity contribution is 0.629. The molecule has 0 spiro atoms. The van der Waals surface area contributed by atoms with E-state index < -0.39 is 0 Å². The fourth-order valence-corrected chi connectivity index (χ4v) is 2.26. The predicted molar refractivity (Wildman–Crippen MR) is 78.4 cm³/mol. The molecule has 0 aliphatic heterocycles. The first-order valence-electron chi connectivity index (χ1n) is 6.45. The fraction of sp³-hybridized carbons (Fsp3) is 0.0588. The number of rotatable bonds is 2. The van der Waals surface area contributed by atoms with Gasteiger partial charge in [-0.05, 0) is 47.3 Å². The zero-order valence-electron chi connectivity index (χ0n) is 11.1. The minimum atomic E-state index is -0.355. The monoisotopic (exact) mass is 278 g/mol. The van der Waals surface area contributed by atoms with E-state index in [1.807, 2.05) is 12.1 Å². The van der Waals surface area contributed by atoms with Crippen molar-refractivity contribution in [3.8, 4) is 6.07 Å². The first-order chi connectivity index (χ1) is 10.2. The maximum atomic E-state index is 13.2. The fourth-order valence-electron chi connectivity index (χ4n) is 2.26. The molecule has 0 radical (unpaired) electrons. The molecule has 0 atom stereocenters. The third kappa shape index (κ3) is 2.54. The highest BCUT2D eigenvalue weighted by atomic mass is 19.1. The molecule has 3 aromatic rings. The molecular formula is C17H11FN2O. The Labute approximate surface area is 120 Å². The number of halogens is 1. The molecule has 0 bridgehead atoms. The summed E-state index contributed by atoms with van der Waals surface area (Å²) in [5.74, 6) is -0.355. The highest BCUT2D eigenvalue weighted by Gasteiger charge is 2.04. The minimum Gasteiger partial charge on any atom is -0.311 e. The summed E-state index contributed by atoms with van der Waals surface area (Å²) in [7, 11) is 0. The predicted octanol–water partition coefficient (Wildman–Crippen LogP) is 3.06. The Balaban J connectivity index is 2.01. The molecule has 0 N–H and O–H groups in total. The normalized spacial score (nSPS) is 10.5. The van der Waals surface area contributed by atoms with Gasteiger partial charge in [0.25, 0.3) is 5.56 Å². The Morgan fingerprint density at radius 2 is 1.86 bits per heavy atom. The summed E-state index contributed by atoms with van der Waals surface area (Å²) in [6, 6.07) is 15.0. The molecule has 2 aromatic carbocycles. The van der Waals surface area contributed by atoms with Gasteiger partial charge in [0.1, 0.15) is 5.82 Å².